The van der Waals surface area contributed by atoms with Gasteiger partial charge in [0.25, 0.3) is 5.91 Å². The molecule has 6 nitrogen and oxygen atoms in total. The van der Waals surface area contributed by atoms with Crippen LogP contribution in [0.4, 0.5) is 11.5 Å². The van der Waals surface area contributed by atoms with Gasteiger partial charge in [-0.2, -0.15) is 5.21 Å². The molecular formula is C19H21N5OS. The lowest BCUT2D eigenvalue weighted by Gasteiger charge is -2.07. The molecule has 0 aliphatic heterocycles. The van der Waals surface area contributed by atoms with Crippen LogP contribution < -0.4 is 10.6 Å². The fourth-order valence-electron chi connectivity index (χ4n) is 2.45. The Hall–Kier alpha value is -2.80. The van der Waals surface area contributed by atoms with E-state index in [2.05, 4.69) is 33.0 Å². The van der Waals surface area contributed by atoms with Crippen LogP contribution in [0.15, 0.2) is 53.4 Å². The predicted molar refractivity (Wildman–Crippen MR) is 105 cm³/mol. The second kappa shape index (κ2) is 8.53. The Morgan fingerprint density at radius 2 is 1.73 bits per heavy atom. The Labute approximate surface area is 156 Å². The van der Waals surface area contributed by atoms with Gasteiger partial charge in [-0.25, -0.2) is 0 Å². The van der Waals surface area contributed by atoms with Crippen LogP contribution in [0.1, 0.15) is 28.5 Å². The SMILES string of the molecule is CCc1ccc(Nc2n[nH]nc2C(=O)NCc2ccc(SC)cc2)cc1. The van der Waals surface area contributed by atoms with Crippen LogP contribution >= 0.6 is 11.8 Å². The van der Waals surface area contributed by atoms with Crippen molar-refractivity contribution in [1.29, 1.82) is 0 Å². The number of benzene rings is 2. The summed E-state index contributed by atoms with van der Waals surface area (Å²) < 4.78 is 0. The third kappa shape index (κ3) is 4.43. The van der Waals surface area contributed by atoms with E-state index in [1.54, 1.807) is 11.8 Å². The number of aromatic nitrogens is 3. The Morgan fingerprint density at radius 1 is 1.04 bits per heavy atom. The molecule has 3 N–H and O–H groups in total. The average molecular weight is 367 g/mol. The van der Waals surface area contributed by atoms with E-state index in [4.69, 9.17) is 0 Å². The van der Waals surface area contributed by atoms with Gasteiger partial charge in [0.2, 0.25) is 0 Å². The number of H-pyrrole nitrogens is 1. The summed E-state index contributed by atoms with van der Waals surface area (Å²) in [7, 11) is 0. The van der Waals surface area contributed by atoms with Crippen LogP contribution in [0.3, 0.4) is 0 Å². The van der Waals surface area contributed by atoms with Crippen LogP contribution in [-0.2, 0) is 13.0 Å². The lowest BCUT2D eigenvalue weighted by molar-refractivity contribution is 0.0946. The largest absolute Gasteiger partial charge is 0.346 e. The van der Waals surface area contributed by atoms with Gasteiger partial charge in [0.05, 0.1) is 0 Å². The number of thioether (sulfide) groups is 1. The van der Waals surface area contributed by atoms with Crippen LogP contribution in [0.2, 0.25) is 0 Å². The van der Waals surface area contributed by atoms with Gasteiger partial charge >= 0.3 is 0 Å². The summed E-state index contributed by atoms with van der Waals surface area (Å²) >= 11 is 1.69. The number of nitrogens with one attached hydrogen (secondary N) is 3. The lowest BCUT2D eigenvalue weighted by Crippen LogP contribution is -2.24. The number of amides is 1. The summed E-state index contributed by atoms with van der Waals surface area (Å²) in [4.78, 5) is 13.6. The number of rotatable bonds is 7. The highest BCUT2D eigenvalue weighted by Gasteiger charge is 2.16. The first-order valence-corrected chi connectivity index (χ1v) is 9.60. The van der Waals surface area contributed by atoms with E-state index in [1.807, 2.05) is 54.8 Å². The summed E-state index contributed by atoms with van der Waals surface area (Å²) in [5.74, 6) is 0.129. The number of hydrogen-bond donors (Lipinski definition) is 3. The van der Waals surface area contributed by atoms with Crippen LogP contribution in [-0.4, -0.2) is 27.6 Å². The molecule has 0 radical (unpaired) electrons. The van der Waals surface area contributed by atoms with Crippen LogP contribution in [0, 0.1) is 0 Å². The summed E-state index contributed by atoms with van der Waals surface area (Å²) in [6.45, 7) is 2.54. The van der Waals surface area contributed by atoms with E-state index in [0.29, 0.717) is 12.4 Å². The summed E-state index contributed by atoms with van der Waals surface area (Å²) in [5.41, 5.74) is 3.38. The van der Waals surface area contributed by atoms with Gasteiger partial charge in [0.15, 0.2) is 11.5 Å². The van der Waals surface area contributed by atoms with Gasteiger partial charge in [-0.3, -0.25) is 4.79 Å². The van der Waals surface area contributed by atoms with Crippen molar-refractivity contribution in [1.82, 2.24) is 20.7 Å². The van der Waals surface area contributed by atoms with Crippen molar-refractivity contribution < 1.29 is 4.79 Å². The van der Waals surface area contributed by atoms with Crippen molar-refractivity contribution >= 4 is 29.2 Å². The van der Waals surface area contributed by atoms with Gasteiger partial charge in [0, 0.05) is 17.1 Å². The highest BCUT2D eigenvalue weighted by molar-refractivity contribution is 7.98. The first kappa shape index (κ1) is 18.0. The molecule has 3 rings (SSSR count). The molecule has 0 atom stereocenters. The molecule has 0 fully saturated rings. The van der Waals surface area contributed by atoms with Crippen molar-refractivity contribution in [3.63, 3.8) is 0 Å². The minimum atomic E-state index is -0.277. The maximum atomic E-state index is 12.4. The van der Waals surface area contributed by atoms with Gasteiger partial charge in [0.1, 0.15) is 0 Å². The van der Waals surface area contributed by atoms with E-state index < -0.39 is 0 Å². The van der Waals surface area contributed by atoms with E-state index in [9.17, 15) is 4.79 Å². The van der Waals surface area contributed by atoms with E-state index >= 15 is 0 Å². The normalized spacial score (nSPS) is 10.5. The molecule has 0 aliphatic carbocycles. The predicted octanol–water partition coefficient (Wildman–Crippen LogP) is 3.76. The van der Waals surface area contributed by atoms with Crippen molar-refractivity contribution in [2.24, 2.45) is 0 Å². The molecule has 1 heterocycles. The van der Waals surface area contributed by atoms with E-state index in [1.165, 1.54) is 10.5 Å². The highest BCUT2D eigenvalue weighted by Crippen LogP contribution is 2.18. The molecule has 134 valence electrons. The molecule has 1 aromatic heterocycles. The number of carbonyl (C=O) groups excluding carboxylic acids is 1. The Kier molecular flexibility index (Phi) is 5.91. The summed E-state index contributed by atoms with van der Waals surface area (Å²) in [6.07, 6.45) is 3.02. The van der Waals surface area contributed by atoms with Gasteiger partial charge in [-0.05, 0) is 48.1 Å². The molecular weight excluding hydrogens is 346 g/mol. The zero-order valence-corrected chi connectivity index (χ0v) is 15.6. The number of aryl methyl sites for hydroxylation is 1. The molecule has 2 aromatic carbocycles. The standard InChI is InChI=1S/C19H21N5OS/c1-3-13-4-8-15(9-5-13)21-18-17(22-24-23-18)19(25)20-12-14-6-10-16(26-2)11-7-14/h4-11H,3,12H2,1-2H3,(H,20,25)(H2,21,22,23,24). The Bertz CT molecular complexity index is 858. The maximum Gasteiger partial charge on any atom is 0.275 e. The molecule has 0 unspecified atom stereocenters. The maximum absolute atomic E-state index is 12.4. The highest BCUT2D eigenvalue weighted by atomic mass is 32.2. The van der Waals surface area contributed by atoms with E-state index in [-0.39, 0.29) is 11.6 Å². The number of carbonyl (C=O) groups is 1. The fraction of sp³-hybridized carbons (Fsp3) is 0.211. The third-order valence-corrected chi connectivity index (χ3v) is 4.74. The molecule has 0 bridgehead atoms. The van der Waals surface area contributed by atoms with Crippen molar-refractivity contribution in [2.45, 2.75) is 24.8 Å². The quantitative estimate of drug-likeness (QED) is 0.554. The molecule has 26 heavy (non-hydrogen) atoms. The topological polar surface area (TPSA) is 82.7 Å². The van der Waals surface area contributed by atoms with Gasteiger partial charge < -0.3 is 10.6 Å². The molecule has 0 saturated heterocycles. The third-order valence-electron chi connectivity index (χ3n) is 4.00. The van der Waals surface area contributed by atoms with Crippen molar-refractivity contribution in [2.75, 3.05) is 11.6 Å². The second-order valence-electron chi connectivity index (χ2n) is 5.73. The molecule has 0 aliphatic rings. The van der Waals surface area contributed by atoms with E-state index in [0.717, 1.165) is 17.7 Å². The lowest BCUT2D eigenvalue weighted by atomic mass is 10.1. The summed E-state index contributed by atoms with van der Waals surface area (Å²) in [5, 5.41) is 16.5. The monoisotopic (exact) mass is 367 g/mol. The molecule has 3 aromatic rings. The van der Waals surface area contributed by atoms with Gasteiger partial charge in [-0.1, -0.05) is 31.2 Å². The Morgan fingerprint density at radius 3 is 2.38 bits per heavy atom. The zero-order valence-electron chi connectivity index (χ0n) is 14.7. The van der Waals surface area contributed by atoms with Crippen molar-refractivity contribution in [3.8, 4) is 0 Å². The van der Waals surface area contributed by atoms with Gasteiger partial charge in [-0.15, -0.1) is 22.0 Å². The molecule has 1 amide bonds. The number of aromatic amines is 1. The number of nitrogens with zero attached hydrogens (tertiary/aromatic N) is 2. The first-order chi connectivity index (χ1) is 12.7. The van der Waals surface area contributed by atoms with Crippen LogP contribution in [0.5, 0.6) is 0 Å². The molecule has 0 saturated carbocycles. The van der Waals surface area contributed by atoms with Crippen molar-refractivity contribution in [3.05, 3.63) is 65.4 Å². The minimum absolute atomic E-state index is 0.241. The average Bonchev–Trinajstić information content (AvgIpc) is 3.15. The first-order valence-electron chi connectivity index (χ1n) is 8.37. The number of anilines is 2. The molecule has 0 spiro atoms. The number of hydrogen-bond acceptors (Lipinski definition) is 5. The zero-order chi connectivity index (χ0) is 18.4. The van der Waals surface area contributed by atoms with Crippen LogP contribution in [0.25, 0.3) is 0 Å². The Balaban J connectivity index is 1.63. The fourth-order valence-corrected chi connectivity index (χ4v) is 2.85. The summed E-state index contributed by atoms with van der Waals surface area (Å²) in [6, 6.07) is 16.1. The minimum Gasteiger partial charge on any atom is -0.346 e. The molecule has 7 heteroatoms. The smallest absolute Gasteiger partial charge is 0.275 e. The second-order valence-corrected chi connectivity index (χ2v) is 6.61.